The number of ether oxygens (including phenoxy) is 1. The van der Waals surface area contributed by atoms with E-state index in [2.05, 4.69) is 15.9 Å². The highest BCUT2D eigenvalue weighted by Crippen LogP contribution is 2.28. The number of hydrogen-bond donors (Lipinski definition) is 1. The van der Waals surface area contributed by atoms with Crippen LogP contribution < -0.4 is 4.74 Å². The van der Waals surface area contributed by atoms with Gasteiger partial charge in [0.05, 0.1) is 10.0 Å². The monoisotopic (exact) mass is 306 g/mol. The first kappa shape index (κ1) is 12.6. The van der Waals surface area contributed by atoms with Crippen LogP contribution in [0.4, 0.5) is 0 Å². The zero-order valence-electron chi connectivity index (χ0n) is 9.47. The Kier molecular flexibility index (Phi) is 3.99. The summed E-state index contributed by atoms with van der Waals surface area (Å²) in [5.41, 5.74) is 1.42. The molecule has 0 saturated carbocycles. The fourth-order valence-corrected chi connectivity index (χ4v) is 2.01. The standard InChI is InChI=1S/C14H11BrO3/c15-13-3-1-2-11(8-16)14(13)18-9-10-4-6-12(17)7-5-10/h1-8,17H,9H2. The minimum Gasteiger partial charge on any atom is -0.508 e. The zero-order valence-corrected chi connectivity index (χ0v) is 11.1. The maximum absolute atomic E-state index is 10.9. The molecule has 2 aromatic rings. The predicted octanol–water partition coefficient (Wildman–Crippen LogP) is 3.55. The Morgan fingerprint density at radius 3 is 2.56 bits per heavy atom. The normalized spacial score (nSPS) is 10.1. The number of aromatic hydroxyl groups is 1. The highest BCUT2D eigenvalue weighted by Gasteiger charge is 2.07. The molecule has 4 heteroatoms. The molecule has 2 aromatic carbocycles. The number of hydrogen-bond acceptors (Lipinski definition) is 3. The second-order valence-corrected chi connectivity index (χ2v) is 4.59. The Balaban J connectivity index is 2.15. The zero-order chi connectivity index (χ0) is 13.0. The average molecular weight is 307 g/mol. The lowest BCUT2D eigenvalue weighted by atomic mass is 10.2. The van der Waals surface area contributed by atoms with E-state index in [9.17, 15) is 9.90 Å². The summed E-state index contributed by atoms with van der Waals surface area (Å²) in [6.07, 6.45) is 0.761. The molecule has 0 aliphatic rings. The number of rotatable bonds is 4. The highest BCUT2D eigenvalue weighted by atomic mass is 79.9. The molecule has 0 bridgehead atoms. The van der Waals surface area contributed by atoms with Crippen molar-refractivity contribution in [3.63, 3.8) is 0 Å². The number of phenolic OH excluding ortho intramolecular Hbond substituents is 1. The predicted molar refractivity (Wildman–Crippen MR) is 72.0 cm³/mol. The van der Waals surface area contributed by atoms with E-state index in [0.717, 1.165) is 16.3 Å². The lowest BCUT2D eigenvalue weighted by Crippen LogP contribution is -1.98. The van der Waals surface area contributed by atoms with Crippen LogP contribution in [0.2, 0.25) is 0 Å². The van der Waals surface area contributed by atoms with Crippen LogP contribution in [0.1, 0.15) is 15.9 Å². The van der Waals surface area contributed by atoms with Gasteiger partial charge >= 0.3 is 0 Å². The van der Waals surface area contributed by atoms with Crippen LogP contribution in [0.15, 0.2) is 46.9 Å². The molecule has 92 valence electrons. The minimum absolute atomic E-state index is 0.216. The first-order chi connectivity index (χ1) is 8.70. The van der Waals surface area contributed by atoms with Gasteiger partial charge in [-0.25, -0.2) is 0 Å². The number of aldehydes is 1. The Morgan fingerprint density at radius 1 is 1.17 bits per heavy atom. The van der Waals surface area contributed by atoms with Gasteiger partial charge in [0.2, 0.25) is 0 Å². The van der Waals surface area contributed by atoms with Gasteiger partial charge in [-0.05, 0) is 45.8 Å². The van der Waals surface area contributed by atoms with E-state index >= 15 is 0 Å². The number of carbonyl (C=O) groups is 1. The molecular formula is C14H11BrO3. The van der Waals surface area contributed by atoms with Crippen molar-refractivity contribution >= 4 is 22.2 Å². The van der Waals surface area contributed by atoms with Crippen LogP contribution in [0.5, 0.6) is 11.5 Å². The molecule has 0 heterocycles. The van der Waals surface area contributed by atoms with Gasteiger partial charge in [0, 0.05) is 0 Å². The van der Waals surface area contributed by atoms with Crippen LogP contribution in [0, 0.1) is 0 Å². The van der Waals surface area contributed by atoms with Crippen LogP contribution in [-0.2, 0) is 6.61 Å². The third kappa shape index (κ3) is 2.90. The molecule has 0 aromatic heterocycles. The van der Waals surface area contributed by atoms with Gasteiger partial charge in [0.25, 0.3) is 0 Å². The molecule has 2 rings (SSSR count). The smallest absolute Gasteiger partial charge is 0.153 e. The van der Waals surface area contributed by atoms with Crippen molar-refractivity contribution in [1.82, 2.24) is 0 Å². The van der Waals surface area contributed by atoms with E-state index in [1.165, 1.54) is 0 Å². The lowest BCUT2D eigenvalue weighted by molar-refractivity contribution is 0.111. The highest BCUT2D eigenvalue weighted by molar-refractivity contribution is 9.10. The first-order valence-electron chi connectivity index (χ1n) is 5.35. The fraction of sp³-hybridized carbons (Fsp3) is 0.0714. The number of para-hydroxylation sites is 1. The average Bonchev–Trinajstić information content (AvgIpc) is 2.39. The summed E-state index contributed by atoms with van der Waals surface area (Å²) in [5, 5.41) is 9.17. The minimum atomic E-state index is 0.216. The van der Waals surface area contributed by atoms with Crippen molar-refractivity contribution in [2.24, 2.45) is 0 Å². The van der Waals surface area contributed by atoms with Gasteiger partial charge in [0.1, 0.15) is 18.1 Å². The summed E-state index contributed by atoms with van der Waals surface area (Å²) in [6, 6.07) is 12.0. The van der Waals surface area contributed by atoms with Crippen molar-refractivity contribution < 1.29 is 14.6 Å². The van der Waals surface area contributed by atoms with E-state index in [4.69, 9.17) is 4.74 Å². The maximum atomic E-state index is 10.9. The van der Waals surface area contributed by atoms with Gasteiger partial charge in [0.15, 0.2) is 6.29 Å². The number of benzene rings is 2. The molecule has 0 unspecified atom stereocenters. The molecule has 1 N–H and O–H groups in total. The Morgan fingerprint density at radius 2 is 1.89 bits per heavy atom. The molecule has 0 saturated heterocycles. The summed E-state index contributed by atoms with van der Waals surface area (Å²) in [7, 11) is 0. The second-order valence-electron chi connectivity index (χ2n) is 3.73. The molecule has 0 spiro atoms. The van der Waals surface area contributed by atoms with Crippen LogP contribution in [0.3, 0.4) is 0 Å². The van der Waals surface area contributed by atoms with Crippen LogP contribution >= 0.6 is 15.9 Å². The third-order valence-corrected chi connectivity index (χ3v) is 3.07. The molecule has 0 amide bonds. The second kappa shape index (κ2) is 5.69. The summed E-state index contributed by atoms with van der Waals surface area (Å²) in [4.78, 5) is 10.9. The number of phenols is 1. The van der Waals surface area contributed by atoms with E-state index in [1.54, 1.807) is 36.4 Å². The van der Waals surface area contributed by atoms with E-state index < -0.39 is 0 Å². The van der Waals surface area contributed by atoms with Crippen LogP contribution in [-0.4, -0.2) is 11.4 Å². The number of halogens is 1. The molecule has 18 heavy (non-hydrogen) atoms. The first-order valence-corrected chi connectivity index (χ1v) is 6.14. The molecular weight excluding hydrogens is 296 g/mol. The van der Waals surface area contributed by atoms with Gasteiger partial charge in [-0.15, -0.1) is 0 Å². The van der Waals surface area contributed by atoms with Gasteiger partial charge in [-0.2, -0.15) is 0 Å². The topological polar surface area (TPSA) is 46.5 Å². The Bertz CT molecular complexity index is 549. The molecule has 3 nitrogen and oxygen atoms in total. The van der Waals surface area contributed by atoms with E-state index in [1.807, 2.05) is 6.07 Å². The Labute approximate surface area is 113 Å². The third-order valence-electron chi connectivity index (χ3n) is 2.44. The van der Waals surface area contributed by atoms with E-state index in [0.29, 0.717) is 17.9 Å². The molecule has 0 fully saturated rings. The fourth-order valence-electron chi connectivity index (χ4n) is 1.52. The van der Waals surface area contributed by atoms with Crippen molar-refractivity contribution in [3.8, 4) is 11.5 Å². The van der Waals surface area contributed by atoms with Gasteiger partial charge < -0.3 is 9.84 Å². The summed E-state index contributed by atoms with van der Waals surface area (Å²) < 4.78 is 6.37. The van der Waals surface area contributed by atoms with Crippen molar-refractivity contribution in [1.29, 1.82) is 0 Å². The Hall–Kier alpha value is -1.81. The summed E-state index contributed by atoms with van der Waals surface area (Å²) >= 11 is 3.35. The van der Waals surface area contributed by atoms with Gasteiger partial charge in [-0.1, -0.05) is 18.2 Å². The quantitative estimate of drug-likeness (QED) is 0.879. The molecule has 0 aliphatic heterocycles. The summed E-state index contributed by atoms with van der Waals surface area (Å²) in [6.45, 7) is 0.337. The van der Waals surface area contributed by atoms with Crippen molar-refractivity contribution in [2.45, 2.75) is 6.61 Å². The lowest BCUT2D eigenvalue weighted by Gasteiger charge is -2.10. The number of carbonyl (C=O) groups excluding carboxylic acids is 1. The van der Waals surface area contributed by atoms with Crippen molar-refractivity contribution in [2.75, 3.05) is 0 Å². The molecule has 0 atom stereocenters. The summed E-state index contributed by atoms with van der Waals surface area (Å²) in [5.74, 6) is 0.744. The van der Waals surface area contributed by atoms with Crippen LogP contribution in [0.25, 0.3) is 0 Å². The van der Waals surface area contributed by atoms with Crippen molar-refractivity contribution in [3.05, 3.63) is 58.1 Å². The maximum Gasteiger partial charge on any atom is 0.153 e. The van der Waals surface area contributed by atoms with E-state index in [-0.39, 0.29) is 5.75 Å². The SMILES string of the molecule is O=Cc1cccc(Br)c1OCc1ccc(O)cc1. The molecule has 0 radical (unpaired) electrons. The molecule has 0 aliphatic carbocycles. The van der Waals surface area contributed by atoms with Gasteiger partial charge in [-0.3, -0.25) is 4.79 Å². The largest absolute Gasteiger partial charge is 0.508 e.